The van der Waals surface area contributed by atoms with E-state index in [1.165, 1.54) is 0 Å². The van der Waals surface area contributed by atoms with E-state index in [4.69, 9.17) is 11.5 Å². The molecule has 0 saturated carbocycles. The molecule has 94 valence electrons. The first-order chi connectivity index (χ1) is 8.04. The summed E-state index contributed by atoms with van der Waals surface area (Å²) in [6.45, 7) is 4.47. The monoisotopic (exact) mass is 234 g/mol. The Labute approximate surface area is 103 Å². The molecule has 0 amide bonds. The highest BCUT2D eigenvalue weighted by molar-refractivity contribution is 5.84. The van der Waals surface area contributed by atoms with Gasteiger partial charge in [-0.25, -0.2) is 0 Å². The zero-order valence-corrected chi connectivity index (χ0v) is 10.6. The molecule has 1 unspecified atom stereocenters. The molecule has 0 fully saturated rings. The standard InChI is InChI=1S/C14H22N2O/c1-10(2)14(16)13(17)7-6-11-4-3-5-12(8-11)9-15/h3-5,8,10,14H,6-7,9,15-16H2,1-2H3. The Morgan fingerprint density at radius 1 is 1.29 bits per heavy atom. The van der Waals surface area contributed by atoms with Crippen LogP contribution in [0.2, 0.25) is 0 Å². The molecule has 0 heterocycles. The van der Waals surface area contributed by atoms with Crippen LogP contribution in [0.1, 0.15) is 31.4 Å². The number of ketones is 1. The largest absolute Gasteiger partial charge is 0.326 e. The van der Waals surface area contributed by atoms with Gasteiger partial charge in [0, 0.05) is 13.0 Å². The summed E-state index contributed by atoms with van der Waals surface area (Å²) in [7, 11) is 0. The molecule has 1 aromatic rings. The Kier molecular flexibility index (Phi) is 5.32. The quantitative estimate of drug-likeness (QED) is 0.786. The van der Waals surface area contributed by atoms with Gasteiger partial charge in [-0.15, -0.1) is 0 Å². The van der Waals surface area contributed by atoms with E-state index in [9.17, 15) is 4.79 Å². The van der Waals surface area contributed by atoms with Crippen molar-refractivity contribution in [2.45, 2.75) is 39.3 Å². The van der Waals surface area contributed by atoms with Crippen LogP contribution >= 0.6 is 0 Å². The molecule has 3 heteroatoms. The first-order valence-electron chi connectivity index (χ1n) is 6.10. The van der Waals surface area contributed by atoms with Crippen molar-refractivity contribution in [2.24, 2.45) is 17.4 Å². The smallest absolute Gasteiger partial charge is 0.150 e. The summed E-state index contributed by atoms with van der Waals surface area (Å²) in [6, 6.07) is 7.70. The van der Waals surface area contributed by atoms with Crippen molar-refractivity contribution < 1.29 is 4.79 Å². The minimum absolute atomic E-state index is 0.137. The molecule has 4 N–H and O–H groups in total. The zero-order valence-electron chi connectivity index (χ0n) is 10.6. The SMILES string of the molecule is CC(C)C(N)C(=O)CCc1cccc(CN)c1. The minimum Gasteiger partial charge on any atom is -0.326 e. The predicted molar refractivity (Wildman–Crippen MR) is 70.5 cm³/mol. The third-order valence-electron chi connectivity index (χ3n) is 2.98. The highest BCUT2D eigenvalue weighted by Gasteiger charge is 2.16. The maximum absolute atomic E-state index is 11.8. The number of carbonyl (C=O) groups is 1. The minimum atomic E-state index is -0.340. The summed E-state index contributed by atoms with van der Waals surface area (Å²) in [5.41, 5.74) is 13.6. The number of nitrogens with two attached hydrogens (primary N) is 2. The van der Waals surface area contributed by atoms with E-state index in [-0.39, 0.29) is 17.7 Å². The van der Waals surface area contributed by atoms with Crippen LogP contribution in [-0.2, 0) is 17.8 Å². The molecule has 0 aliphatic carbocycles. The fourth-order valence-corrected chi connectivity index (χ4v) is 1.72. The lowest BCUT2D eigenvalue weighted by Gasteiger charge is -2.14. The van der Waals surface area contributed by atoms with Crippen molar-refractivity contribution >= 4 is 5.78 Å². The summed E-state index contributed by atoms with van der Waals surface area (Å²) in [4.78, 5) is 11.8. The predicted octanol–water partition coefficient (Wildman–Crippen LogP) is 1.63. The van der Waals surface area contributed by atoms with Crippen molar-refractivity contribution in [3.05, 3.63) is 35.4 Å². The van der Waals surface area contributed by atoms with Crippen molar-refractivity contribution in [1.82, 2.24) is 0 Å². The van der Waals surface area contributed by atoms with E-state index in [0.717, 1.165) is 17.5 Å². The fraction of sp³-hybridized carbons (Fsp3) is 0.500. The first-order valence-corrected chi connectivity index (χ1v) is 6.10. The van der Waals surface area contributed by atoms with Gasteiger partial charge in [-0.3, -0.25) is 4.79 Å². The second-order valence-corrected chi connectivity index (χ2v) is 4.76. The molecule has 1 rings (SSSR count). The van der Waals surface area contributed by atoms with E-state index in [0.29, 0.717) is 13.0 Å². The topological polar surface area (TPSA) is 69.1 Å². The molecule has 1 atom stereocenters. The van der Waals surface area contributed by atoms with Gasteiger partial charge in [0.05, 0.1) is 6.04 Å². The highest BCUT2D eigenvalue weighted by atomic mass is 16.1. The van der Waals surface area contributed by atoms with E-state index >= 15 is 0 Å². The number of carbonyl (C=O) groups excluding carboxylic acids is 1. The summed E-state index contributed by atoms with van der Waals surface area (Å²) in [5.74, 6) is 0.344. The lowest BCUT2D eigenvalue weighted by molar-refractivity contribution is -0.121. The Morgan fingerprint density at radius 3 is 2.53 bits per heavy atom. The normalized spacial score (nSPS) is 12.8. The Balaban J connectivity index is 2.52. The van der Waals surface area contributed by atoms with Gasteiger partial charge < -0.3 is 11.5 Å². The summed E-state index contributed by atoms with van der Waals surface area (Å²) in [6.07, 6.45) is 1.25. The Hall–Kier alpha value is -1.19. The van der Waals surface area contributed by atoms with E-state index in [1.807, 2.05) is 38.1 Å². The highest BCUT2D eigenvalue weighted by Crippen LogP contribution is 2.09. The maximum Gasteiger partial charge on any atom is 0.150 e. The van der Waals surface area contributed by atoms with Crippen LogP contribution in [0.3, 0.4) is 0 Å². The molecule has 3 nitrogen and oxygen atoms in total. The Morgan fingerprint density at radius 2 is 1.94 bits per heavy atom. The van der Waals surface area contributed by atoms with Crippen molar-refractivity contribution in [3.8, 4) is 0 Å². The molecule has 0 saturated heterocycles. The average Bonchev–Trinajstić information content (AvgIpc) is 2.35. The molecule has 0 aliphatic rings. The van der Waals surface area contributed by atoms with Crippen LogP contribution in [0.4, 0.5) is 0 Å². The third kappa shape index (κ3) is 4.29. The van der Waals surface area contributed by atoms with E-state index < -0.39 is 0 Å². The molecule has 0 spiro atoms. The lowest BCUT2D eigenvalue weighted by atomic mass is 9.96. The summed E-state index contributed by atoms with van der Waals surface area (Å²) < 4.78 is 0. The molecule has 0 radical (unpaired) electrons. The number of Topliss-reactive ketones (excluding diaryl/α,β-unsaturated/α-hetero) is 1. The number of hydrogen-bond donors (Lipinski definition) is 2. The van der Waals surface area contributed by atoms with Crippen molar-refractivity contribution in [2.75, 3.05) is 0 Å². The summed E-state index contributed by atoms with van der Waals surface area (Å²) in [5, 5.41) is 0. The molecular weight excluding hydrogens is 212 g/mol. The number of benzene rings is 1. The van der Waals surface area contributed by atoms with Crippen LogP contribution in [0.25, 0.3) is 0 Å². The van der Waals surface area contributed by atoms with Crippen LogP contribution in [0.15, 0.2) is 24.3 Å². The Bertz CT molecular complexity index is 374. The average molecular weight is 234 g/mol. The maximum atomic E-state index is 11.8. The van der Waals surface area contributed by atoms with Crippen LogP contribution in [-0.4, -0.2) is 11.8 Å². The van der Waals surface area contributed by atoms with Crippen molar-refractivity contribution in [1.29, 1.82) is 0 Å². The second-order valence-electron chi connectivity index (χ2n) is 4.76. The fourth-order valence-electron chi connectivity index (χ4n) is 1.72. The zero-order chi connectivity index (χ0) is 12.8. The van der Waals surface area contributed by atoms with Crippen LogP contribution in [0, 0.1) is 5.92 Å². The molecule has 17 heavy (non-hydrogen) atoms. The molecule has 1 aromatic carbocycles. The van der Waals surface area contributed by atoms with Crippen molar-refractivity contribution in [3.63, 3.8) is 0 Å². The van der Waals surface area contributed by atoms with E-state index in [2.05, 4.69) is 0 Å². The molecular formula is C14H22N2O. The number of rotatable bonds is 6. The van der Waals surface area contributed by atoms with Gasteiger partial charge >= 0.3 is 0 Å². The van der Waals surface area contributed by atoms with Gasteiger partial charge in [-0.05, 0) is 23.5 Å². The van der Waals surface area contributed by atoms with Gasteiger partial charge in [0.15, 0.2) is 0 Å². The van der Waals surface area contributed by atoms with Gasteiger partial charge in [-0.2, -0.15) is 0 Å². The number of hydrogen-bond acceptors (Lipinski definition) is 3. The van der Waals surface area contributed by atoms with Gasteiger partial charge in [0.1, 0.15) is 5.78 Å². The molecule has 0 aliphatic heterocycles. The van der Waals surface area contributed by atoms with Gasteiger partial charge in [0.2, 0.25) is 0 Å². The second kappa shape index (κ2) is 6.52. The van der Waals surface area contributed by atoms with Crippen LogP contribution < -0.4 is 11.5 Å². The molecule has 0 bridgehead atoms. The third-order valence-corrected chi connectivity index (χ3v) is 2.98. The number of aryl methyl sites for hydroxylation is 1. The first kappa shape index (κ1) is 13.9. The van der Waals surface area contributed by atoms with E-state index in [1.54, 1.807) is 0 Å². The molecule has 0 aromatic heterocycles. The summed E-state index contributed by atoms with van der Waals surface area (Å²) >= 11 is 0. The van der Waals surface area contributed by atoms with Gasteiger partial charge in [-0.1, -0.05) is 38.1 Å². The van der Waals surface area contributed by atoms with Gasteiger partial charge in [0.25, 0.3) is 0 Å². The van der Waals surface area contributed by atoms with Crippen LogP contribution in [0.5, 0.6) is 0 Å². The lowest BCUT2D eigenvalue weighted by Crippen LogP contribution is -2.35.